The Labute approximate surface area is 98.8 Å². The lowest BCUT2D eigenvalue weighted by molar-refractivity contribution is -0.389. The molecule has 0 unspecified atom stereocenters. The monoisotopic (exact) mass is 231 g/mol. The van der Waals surface area contributed by atoms with Crippen molar-refractivity contribution in [2.45, 2.75) is 19.4 Å². The topological polar surface area (TPSA) is 61.0 Å². The quantitative estimate of drug-likeness (QED) is 0.600. The van der Waals surface area contributed by atoms with Crippen LogP contribution in [0.1, 0.15) is 18.4 Å². The SMILES string of the molecule is C[C@H](Cn1ccc([N+](=O)[O-])n1)c1ccccc1. The maximum absolute atomic E-state index is 10.5. The van der Waals surface area contributed by atoms with Crippen LogP contribution in [0, 0.1) is 10.1 Å². The molecular weight excluding hydrogens is 218 g/mol. The number of aromatic nitrogens is 2. The van der Waals surface area contributed by atoms with Crippen LogP contribution in [-0.2, 0) is 6.54 Å². The molecule has 2 rings (SSSR count). The molecule has 0 aliphatic heterocycles. The molecule has 0 fully saturated rings. The van der Waals surface area contributed by atoms with Crippen LogP contribution in [0.4, 0.5) is 5.82 Å². The van der Waals surface area contributed by atoms with Crippen LogP contribution < -0.4 is 0 Å². The standard InChI is InChI=1S/C12H13N3O2/c1-10(11-5-3-2-4-6-11)9-14-8-7-12(13-14)15(16)17/h2-8,10H,9H2,1H3/t10-/m1/s1. The van der Waals surface area contributed by atoms with Gasteiger partial charge in [0.05, 0.1) is 23.9 Å². The van der Waals surface area contributed by atoms with Crippen LogP contribution in [0.3, 0.4) is 0 Å². The molecule has 5 nitrogen and oxygen atoms in total. The van der Waals surface area contributed by atoms with E-state index >= 15 is 0 Å². The highest BCUT2D eigenvalue weighted by Gasteiger charge is 2.13. The second-order valence-electron chi connectivity index (χ2n) is 3.96. The molecule has 1 aromatic heterocycles. The van der Waals surface area contributed by atoms with Gasteiger partial charge in [-0.05, 0) is 10.5 Å². The zero-order valence-corrected chi connectivity index (χ0v) is 9.48. The second-order valence-corrected chi connectivity index (χ2v) is 3.96. The van der Waals surface area contributed by atoms with Gasteiger partial charge in [0.1, 0.15) is 0 Å². The molecule has 0 amide bonds. The van der Waals surface area contributed by atoms with Gasteiger partial charge in [0.15, 0.2) is 0 Å². The van der Waals surface area contributed by atoms with E-state index in [0.29, 0.717) is 6.54 Å². The van der Waals surface area contributed by atoms with Gasteiger partial charge in [0.25, 0.3) is 0 Å². The molecule has 1 heterocycles. The van der Waals surface area contributed by atoms with Gasteiger partial charge in [-0.1, -0.05) is 37.3 Å². The van der Waals surface area contributed by atoms with E-state index in [4.69, 9.17) is 0 Å². The predicted molar refractivity (Wildman–Crippen MR) is 63.7 cm³/mol. The molecule has 5 heteroatoms. The lowest BCUT2D eigenvalue weighted by Gasteiger charge is -2.09. The number of hydrogen-bond acceptors (Lipinski definition) is 3. The Hall–Kier alpha value is -2.17. The largest absolute Gasteiger partial charge is 0.389 e. The summed E-state index contributed by atoms with van der Waals surface area (Å²) in [6.07, 6.45) is 1.64. The number of hydrogen-bond donors (Lipinski definition) is 0. The van der Waals surface area contributed by atoms with Gasteiger partial charge in [-0.25, -0.2) is 0 Å². The van der Waals surface area contributed by atoms with Crippen LogP contribution in [-0.4, -0.2) is 14.7 Å². The van der Waals surface area contributed by atoms with Crippen LogP contribution in [0.25, 0.3) is 0 Å². The third kappa shape index (κ3) is 2.69. The Balaban J connectivity index is 2.08. The van der Waals surface area contributed by atoms with Crippen molar-refractivity contribution in [1.82, 2.24) is 9.78 Å². The maximum Gasteiger partial charge on any atom is 0.389 e. The Morgan fingerprint density at radius 1 is 1.35 bits per heavy atom. The first-order valence-corrected chi connectivity index (χ1v) is 5.39. The van der Waals surface area contributed by atoms with E-state index in [1.54, 1.807) is 10.9 Å². The van der Waals surface area contributed by atoms with Crippen LogP contribution in [0.5, 0.6) is 0 Å². The van der Waals surface area contributed by atoms with E-state index in [0.717, 1.165) is 0 Å². The highest BCUT2D eigenvalue weighted by Crippen LogP contribution is 2.17. The first kappa shape index (κ1) is 11.3. The molecule has 17 heavy (non-hydrogen) atoms. The highest BCUT2D eigenvalue weighted by molar-refractivity contribution is 5.19. The summed E-state index contributed by atoms with van der Waals surface area (Å²) in [5, 5.41) is 14.4. The van der Waals surface area contributed by atoms with Crippen molar-refractivity contribution >= 4 is 5.82 Å². The van der Waals surface area contributed by atoms with Gasteiger partial charge in [-0.2, -0.15) is 4.68 Å². The van der Waals surface area contributed by atoms with Gasteiger partial charge in [-0.15, -0.1) is 0 Å². The van der Waals surface area contributed by atoms with E-state index < -0.39 is 4.92 Å². The van der Waals surface area contributed by atoms with Crippen LogP contribution in [0.2, 0.25) is 0 Å². The van der Waals surface area contributed by atoms with Crippen molar-refractivity contribution < 1.29 is 4.92 Å². The summed E-state index contributed by atoms with van der Waals surface area (Å²) >= 11 is 0. The van der Waals surface area contributed by atoms with Crippen LogP contribution in [0.15, 0.2) is 42.6 Å². The number of benzene rings is 1. The van der Waals surface area contributed by atoms with E-state index in [-0.39, 0.29) is 11.7 Å². The van der Waals surface area contributed by atoms with Gasteiger partial charge in [0.2, 0.25) is 0 Å². The predicted octanol–water partition coefficient (Wildman–Crippen LogP) is 2.60. The second kappa shape index (κ2) is 4.78. The molecule has 1 atom stereocenters. The molecule has 1 aromatic carbocycles. The molecule has 0 saturated heterocycles. The molecular formula is C12H13N3O2. The Morgan fingerprint density at radius 2 is 2.06 bits per heavy atom. The molecule has 88 valence electrons. The summed E-state index contributed by atoms with van der Waals surface area (Å²) in [6, 6.07) is 11.4. The van der Waals surface area contributed by atoms with Gasteiger partial charge < -0.3 is 10.1 Å². The Bertz CT molecular complexity index is 507. The zero-order chi connectivity index (χ0) is 12.3. The fourth-order valence-corrected chi connectivity index (χ4v) is 1.72. The molecule has 0 aliphatic rings. The fraction of sp³-hybridized carbons (Fsp3) is 0.250. The maximum atomic E-state index is 10.5. The smallest absolute Gasteiger partial charge is 0.358 e. The van der Waals surface area contributed by atoms with Crippen molar-refractivity contribution in [3.8, 4) is 0 Å². The minimum atomic E-state index is -0.482. The minimum Gasteiger partial charge on any atom is -0.358 e. The van der Waals surface area contributed by atoms with Gasteiger partial charge in [-0.3, -0.25) is 0 Å². The Morgan fingerprint density at radius 3 is 2.65 bits per heavy atom. The summed E-state index contributed by atoms with van der Waals surface area (Å²) in [5.41, 5.74) is 1.20. The number of rotatable bonds is 4. The molecule has 0 bridgehead atoms. The summed E-state index contributed by atoms with van der Waals surface area (Å²) in [7, 11) is 0. The molecule has 0 aliphatic carbocycles. The lowest BCUT2D eigenvalue weighted by atomic mass is 10.0. The van der Waals surface area contributed by atoms with Crippen molar-refractivity contribution in [1.29, 1.82) is 0 Å². The van der Waals surface area contributed by atoms with Crippen molar-refractivity contribution in [3.05, 3.63) is 58.3 Å². The first-order chi connectivity index (χ1) is 8.16. The molecule has 2 aromatic rings. The van der Waals surface area contributed by atoms with Gasteiger partial charge >= 0.3 is 5.82 Å². The summed E-state index contributed by atoms with van der Waals surface area (Å²) in [5.74, 6) is 0.168. The first-order valence-electron chi connectivity index (χ1n) is 5.39. The Kier molecular flexibility index (Phi) is 3.18. The minimum absolute atomic E-state index is 0.106. The van der Waals surface area contributed by atoms with E-state index in [1.165, 1.54) is 11.6 Å². The molecule has 0 spiro atoms. The number of nitrogens with zero attached hydrogens (tertiary/aromatic N) is 3. The average molecular weight is 231 g/mol. The molecule has 0 saturated carbocycles. The normalized spacial score (nSPS) is 12.3. The summed E-state index contributed by atoms with van der Waals surface area (Å²) < 4.78 is 1.61. The third-order valence-corrected chi connectivity index (χ3v) is 2.64. The lowest BCUT2D eigenvalue weighted by Crippen LogP contribution is -2.07. The van der Waals surface area contributed by atoms with E-state index in [1.807, 2.05) is 30.3 Å². The third-order valence-electron chi connectivity index (χ3n) is 2.64. The summed E-state index contributed by atoms with van der Waals surface area (Å²) in [6.45, 7) is 2.71. The zero-order valence-electron chi connectivity index (χ0n) is 9.48. The van der Waals surface area contributed by atoms with Gasteiger partial charge in [0, 0.05) is 5.92 Å². The highest BCUT2D eigenvalue weighted by atomic mass is 16.6. The molecule has 0 N–H and O–H groups in total. The van der Waals surface area contributed by atoms with Crippen molar-refractivity contribution in [2.24, 2.45) is 0 Å². The van der Waals surface area contributed by atoms with Crippen molar-refractivity contribution in [2.75, 3.05) is 0 Å². The summed E-state index contributed by atoms with van der Waals surface area (Å²) in [4.78, 5) is 10.0. The number of nitro groups is 1. The fourth-order valence-electron chi connectivity index (χ4n) is 1.72. The average Bonchev–Trinajstić information content (AvgIpc) is 2.79. The van der Waals surface area contributed by atoms with Crippen LogP contribution >= 0.6 is 0 Å². The van der Waals surface area contributed by atoms with Crippen molar-refractivity contribution in [3.63, 3.8) is 0 Å². The van der Waals surface area contributed by atoms with E-state index in [9.17, 15) is 10.1 Å². The molecule has 0 radical (unpaired) electrons. The van der Waals surface area contributed by atoms with E-state index in [2.05, 4.69) is 12.0 Å².